The fraction of sp³-hybridized carbons (Fsp3) is 0.250. The fourth-order valence-corrected chi connectivity index (χ4v) is 3.78. The maximum absolute atomic E-state index is 12.9. The number of carbonyl (C=O) groups excluding carboxylic acids is 3. The van der Waals surface area contributed by atoms with Crippen LogP contribution in [0.25, 0.3) is 0 Å². The molecule has 3 amide bonds. The van der Waals surface area contributed by atoms with Gasteiger partial charge in [0.25, 0.3) is 5.91 Å². The van der Waals surface area contributed by atoms with Crippen LogP contribution in [0.5, 0.6) is 0 Å². The summed E-state index contributed by atoms with van der Waals surface area (Å²) in [7, 11) is 0. The maximum atomic E-state index is 12.9. The summed E-state index contributed by atoms with van der Waals surface area (Å²) in [6.45, 7) is 0.266. The molecule has 6 N–H and O–H groups in total. The molecule has 2 aromatic carbocycles. The van der Waals surface area contributed by atoms with Crippen LogP contribution in [0.15, 0.2) is 48.5 Å². The van der Waals surface area contributed by atoms with Crippen LogP contribution in [0.3, 0.4) is 0 Å². The highest BCUT2D eigenvalue weighted by Crippen LogP contribution is 2.13. The van der Waals surface area contributed by atoms with E-state index in [0.29, 0.717) is 10.6 Å². The van der Waals surface area contributed by atoms with Gasteiger partial charge in [-0.25, -0.2) is 4.39 Å². The zero-order chi connectivity index (χ0) is 22.4. The second-order valence-corrected chi connectivity index (χ2v) is 8.28. The van der Waals surface area contributed by atoms with Crippen molar-refractivity contribution in [3.63, 3.8) is 0 Å². The van der Waals surface area contributed by atoms with Crippen LogP contribution in [-0.4, -0.2) is 41.2 Å². The van der Waals surface area contributed by atoms with E-state index in [4.69, 9.17) is 17.3 Å². The smallest absolute Gasteiger partial charge is 0.252 e. The number of rotatable bonds is 7. The number of carbonyl (C=O) groups is 3. The van der Waals surface area contributed by atoms with Crippen molar-refractivity contribution in [2.75, 3.05) is 5.75 Å². The van der Waals surface area contributed by atoms with Crippen LogP contribution in [0.1, 0.15) is 15.9 Å². The van der Waals surface area contributed by atoms with Gasteiger partial charge in [0.05, 0.1) is 11.9 Å². The van der Waals surface area contributed by atoms with Gasteiger partial charge in [0.2, 0.25) is 11.8 Å². The van der Waals surface area contributed by atoms with Crippen LogP contribution in [0.2, 0.25) is 5.02 Å². The van der Waals surface area contributed by atoms with E-state index in [0.717, 1.165) is 17.3 Å². The predicted octanol–water partition coefficient (Wildman–Crippen LogP) is 0.915. The van der Waals surface area contributed by atoms with Crippen LogP contribution < -0.4 is 27.0 Å². The van der Waals surface area contributed by atoms with Gasteiger partial charge < -0.3 is 21.7 Å². The van der Waals surface area contributed by atoms with Crippen molar-refractivity contribution >= 4 is 41.1 Å². The minimum absolute atomic E-state index is 0.0632. The zero-order valence-corrected chi connectivity index (χ0v) is 17.8. The van der Waals surface area contributed by atoms with E-state index in [1.165, 1.54) is 12.1 Å². The summed E-state index contributed by atoms with van der Waals surface area (Å²) < 4.78 is 12.9. The second-order valence-electron chi connectivity index (χ2n) is 6.75. The van der Waals surface area contributed by atoms with Crippen molar-refractivity contribution in [3.8, 4) is 0 Å². The van der Waals surface area contributed by atoms with Gasteiger partial charge in [0.15, 0.2) is 0 Å². The number of nitrogens with one attached hydrogen (secondary N) is 4. The SMILES string of the molecule is NC1NC(SCC(=O)NCc2ccc(F)cc2)NC(=O)C1NC(=O)c1ccc(Cl)cc1. The van der Waals surface area contributed by atoms with E-state index in [-0.39, 0.29) is 24.0 Å². The molecule has 0 bridgehead atoms. The molecule has 8 nitrogen and oxygen atoms in total. The molecule has 1 saturated heterocycles. The van der Waals surface area contributed by atoms with E-state index in [1.54, 1.807) is 36.4 Å². The third-order valence-electron chi connectivity index (χ3n) is 4.44. The van der Waals surface area contributed by atoms with Gasteiger partial charge in [-0.05, 0) is 42.0 Å². The monoisotopic (exact) mass is 465 g/mol. The van der Waals surface area contributed by atoms with E-state index < -0.39 is 29.5 Å². The second kappa shape index (κ2) is 10.6. The number of halogens is 2. The number of hydrogen-bond acceptors (Lipinski definition) is 6. The minimum atomic E-state index is -0.979. The molecular weight excluding hydrogens is 445 g/mol. The van der Waals surface area contributed by atoms with E-state index in [2.05, 4.69) is 21.3 Å². The molecule has 0 aliphatic carbocycles. The standard InChI is InChI=1S/C20H21ClFN5O3S/c21-13-5-3-12(4-6-13)18(29)25-16-17(23)26-20(27-19(16)30)31-10-15(28)24-9-11-1-7-14(22)8-2-11/h1-8,16-17,20,26H,9-10,23H2,(H,24,28)(H,25,29)(H,27,30). The van der Waals surface area contributed by atoms with Gasteiger partial charge in [0, 0.05) is 17.1 Å². The first-order valence-electron chi connectivity index (χ1n) is 9.33. The lowest BCUT2D eigenvalue weighted by Crippen LogP contribution is -2.70. The Kier molecular flexibility index (Phi) is 7.85. The molecule has 164 valence electrons. The molecule has 1 heterocycles. The molecule has 1 aliphatic heterocycles. The lowest BCUT2D eigenvalue weighted by molar-refractivity contribution is -0.126. The lowest BCUT2D eigenvalue weighted by atomic mass is 10.1. The number of thioether (sulfide) groups is 1. The highest BCUT2D eigenvalue weighted by molar-refractivity contribution is 8.00. The number of hydrogen-bond donors (Lipinski definition) is 5. The summed E-state index contributed by atoms with van der Waals surface area (Å²) >= 11 is 6.96. The first-order chi connectivity index (χ1) is 14.8. The zero-order valence-electron chi connectivity index (χ0n) is 16.2. The summed E-state index contributed by atoms with van der Waals surface area (Å²) in [5, 5.41) is 11.4. The summed E-state index contributed by atoms with van der Waals surface area (Å²) in [6, 6.07) is 11.1. The summed E-state index contributed by atoms with van der Waals surface area (Å²) in [6.07, 6.45) is -0.843. The normalized spacial score (nSPS) is 20.6. The average Bonchev–Trinajstić information content (AvgIpc) is 2.74. The molecule has 3 unspecified atom stereocenters. The molecular formula is C20H21ClFN5O3S. The number of benzene rings is 2. The largest absolute Gasteiger partial charge is 0.351 e. The van der Waals surface area contributed by atoms with E-state index in [9.17, 15) is 18.8 Å². The fourth-order valence-electron chi connectivity index (χ4n) is 2.78. The Bertz CT molecular complexity index is 945. The van der Waals surface area contributed by atoms with Crippen molar-refractivity contribution in [3.05, 3.63) is 70.5 Å². The Morgan fingerprint density at radius 2 is 1.81 bits per heavy atom. The van der Waals surface area contributed by atoms with Gasteiger partial charge >= 0.3 is 0 Å². The molecule has 0 saturated carbocycles. The molecule has 31 heavy (non-hydrogen) atoms. The van der Waals surface area contributed by atoms with E-state index in [1.807, 2.05) is 0 Å². The predicted molar refractivity (Wildman–Crippen MR) is 116 cm³/mol. The average molecular weight is 466 g/mol. The quantitative estimate of drug-likeness (QED) is 0.414. The first-order valence-corrected chi connectivity index (χ1v) is 10.8. The molecule has 1 aliphatic rings. The Hall–Kier alpha value is -2.66. The molecule has 2 aromatic rings. The van der Waals surface area contributed by atoms with Crippen LogP contribution in [0, 0.1) is 5.82 Å². The molecule has 11 heteroatoms. The Labute approximate surface area is 187 Å². The molecule has 0 aromatic heterocycles. The Morgan fingerprint density at radius 3 is 2.45 bits per heavy atom. The minimum Gasteiger partial charge on any atom is -0.351 e. The molecule has 3 atom stereocenters. The van der Waals surface area contributed by atoms with Gasteiger partial charge in [-0.1, -0.05) is 23.7 Å². The topological polar surface area (TPSA) is 125 Å². The Morgan fingerprint density at radius 1 is 1.13 bits per heavy atom. The van der Waals surface area contributed by atoms with Crippen LogP contribution in [-0.2, 0) is 16.1 Å². The van der Waals surface area contributed by atoms with Gasteiger partial charge in [-0.15, -0.1) is 11.8 Å². The van der Waals surface area contributed by atoms with Crippen LogP contribution in [0.4, 0.5) is 4.39 Å². The third-order valence-corrected chi connectivity index (χ3v) is 5.70. The van der Waals surface area contributed by atoms with Gasteiger partial charge in [-0.2, -0.15) is 0 Å². The molecule has 0 radical (unpaired) electrons. The maximum Gasteiger partial charge on any atom is 0.252 e. The molecule has 0 spiro atoms. The van der Waals surface area contributed by atoms with Gasteiger partial charge in [-0.3, -0.25) is 19.7 Å². The van der Waals surface area contributed by atoms with Crippen molar-refractivity contribution < 1.29 is 18.8 Å². The van der Waals surface area contributed by atoms with Crippen LogP contribution >= 0.6 is 23.4 Å². The third kappa shape index (κ3) is 6.66. The molecule has 1 fully saturated rings. The van der Waals surface area contributed by atoms with Crippen molar-refractivity contribution in [2.24, 2.45) is 5.73 Å². The number of amides is 3. The molecule has 3 rings (SSSR count). The summed E-state index contributed by atoms with van der Waals surface area (Å²) in [4.78, 5) is 36.8. The van der Waals surface area contributed by atoms with E-state index >= 15 is 0 Å². The first kappa shape index (κ1) is 23.0. The number of nitrogens with two attached hydrogens (primary N) is 1. The van der Waals surface area contributed by atoms with Crippen molar-refractivity contribution in [1.29, 1.82) is 0 Å². The highest BCUT2D eigenvalue weighted by Gasteiger charge is 2.35. The van der Waals surface area contributed by atoms with Crippen molar-refractivity contribution in [2.45, 2.75) is 24.3 Å². The summed E-state index contributed by atoms with van der Waals surface area (Å²) in [5.41, 5.74) is 6.53. The summed E-state index contributed by atoms with van der Waals surface area (Å²) in [5.74, 6) is -1.45. The van der Waals surface area contributed by atoms with Crippen molar-refractivity contribution in [1.82, 2.24) is 21.3 Å². The Balaban J connectivity index is 1.44. The lowest BCUT2D eigenvalue weighted by Gasteiger charge is -2.35. The van der Waals surface area contributed by atoms with Gasteiger partial charge in [0.1, 0.15) is 17.4 Å². The highest BCUT2D eigenvalue weighted by atomic mass is 35.5.